The number of anilines is 4. The number of unbranched alkanes of at least 4 members (excludes halogenated alkanes) is 2. The molecule has 0 spiro atoms. The fourth-order valence-corrected chi connectivity index (χ4v) is 14.2. The molecule has 20 aromatic rings. The van der Waals surface area contributed by atoms with Crippen molar-refractivity contribution in [1.29, 1.82) is 5.26 Å². The van der Waals surface area contributed by atoms with Crippen molar-refractivity contribution in [3.05, 3.63) is 354 Å². The smallest absolute Gasteiger partial charge is 0.261 e. The van der Waals surface area contributed by atoms with Crippen molar-refractivity contribution >= 4 is 159 Å². The lowest BCUT2D eigenvalue weighted by Crippen LogP contribution is -2.13. The van der Waals surface area contributed by atoms with Gasteiger partial charge in [-0.25, -0.2) is 68.7 Å². The van der Waals surface area contributed by atoms with Gasteiger partial charge in [-0.05, 0) is 126 Å². The van der Waals surface area contributed by atoms with Crippen molar-refractivity contribution in [3.63, 3.8) is 0 Å². The second-order valence-electron chi connectivity index (χ2n) is 30.2. The Labute approximate surface area is 821 Å². The van der Waals surface area contributed by atoms with Gasteiger partial charge in [0.2, 0.25) is 11.9 Å². The zero-order valence-corrected chi connectivity index (χ0v) is 75.2. The monoisotopic (exact) mass is 1940 g/mol. The van der Waals surface area contributed by atoms with Gasteiger partial charge in [-0.15, -0.1) is 40.9 Å². The second-order valence-corrected chi connectivity index (χ2v) is 30.2. The van der Waals surface area contributed by atoms with Crippen LogP contribution >= 0.6 is 0 Å². The fourth-order valence-electron chi connectivity index (χ4n) is 14.2. The van der Waals surface area contributed by atoms with Gasteiger partial charge in [0.25, 0.3) is 58.3 Å². The van der Waals surface area contributed by atoms with Crippen LogP contribution in [0.4, 0.5) is 92.2 Å². The molecule has 710 valence electrons. The molecule has 0 unspecified atom stereocenters. The first-order chi connectivity index (χ1) is 71.5. The summed E-state index contributed by atoms with van der Waals surface area (Å²) >= 11 is 0. The van der Waals surface area contributed by atoms with Crippen LogP contribution in [0, 0.1) is 37.6 Å². The zero-order valence-electron chi connectivity index (χ0n) is 75.2. The molecular weight excluding hydrogens is 1870 g/mol. The second kappa shape index (κ2) is 44.6. The van der Waals surface area contributed by atoms with E-state index in [0.29, 0.717) is 72.8 Å². The van der Waals surface area contributed by atoms with E-state index in [4.69, 9.17) is 41.4 Å². The molecule has 11 heterocycles. The molecule has 146 heavy (non-hydrogen) atoms. The van der Waals surface area contributed by atoms with Gasteiger partial charge in [-0.2, -0.15) is 50.2 Å². The molecule has 0 bridgehead atoms. The Bertz CT molecular complexity index is 8380. The minimum Gasteiger partial charge on any atom is -0.505 e. The van der Waals surface area contributed by atoms with E-state index in [-0.39, 0.29) is 150 Å². The van der Waals surface area contributed by atoms with Crippen LogP contribution in [0.2, 0.25) is 0 Å². The molecule has 12 N–H and O–H groups in total. The molecular formula is C98H68N38O10. The number of H-pyrrole nitrogens is 3. The molecule has 48 nitrogen and oxygen atoms in total. The number of amides is 4. The molecule has 11 aromatic heterocycles. The highest BCUT2D eigenvalue weighted by atomic mass is 16.5. The van der Waals surface area contributed by atoms with Gasteiger partial charge >= 0.3 is 0 Å². The van der Waals surface area contributed by atoms with Gasteiger partial charge in [-0.3, -0.25) is 34.9 Å². The van der Waals surface area contributed by atoms with Crippen LogP contribution in [0.5, 0.6) is 28.7 Å². The molecule has 0 atom stereocenters. The van der Waals surface area contributed by atoms with E-state index < -0.39 is 29.4 Å². The highest BCUT2D eigenvalue weighted by Gasteiger charge is 2.28. The average Bonchev–Trinajstić information content (AvgIpc) is 1.11. The minimum absolute atomic E-state index is 0.00263. The SMILES string of the molecule is [C-]#[N+]c1cnn(-c2ccccn2)c1N=Nc1c(O)c(C(=O)Nc2[nH]ncc2C#N)cc2ccccc12.[C-]#[N+]c1cnn(-c2ccccn2)c1N=Nc1c(O)c(C(=O)Nc2ncn[nH]2)cc2ccccc12.[C-]#[N+]c1cnn(-c2ncccn2)c1N=Nc1c(O)c(C(=O)Nc2ccc(OCCCCCO)cc2)cc2ccccc12.[C-]#[N+]c1cnn(-c2ncccn2)c1N=Nc1c(O)c(C(=O)Nc2ncc[nH]2)cc2ccccc12. The molecule has 20 rings (SSSR count). The van der Waals surface area contributed by atoms with E-state index in [1.54, 1.807) is 195 Å². The molecule has 4 amide bonds. The summed E-state index contributed by atoms with van der Waals surface area (Å²) in [5.74, 6) is -1.21. The lowest BCUT2D eigenvalue weighted by atomic mass is 10.0. The Morgan fingerprint density at radius 2 is 0.774 bits per heavy atom. The van der Waals surface area contributed by atoms with E-state index in [0.717, 1.165) is 19.3 Å². The highest BCUT2D eigenvalue weighted by Crippen LogP contribution is 2.47. The van der Waals surface area contributed by atoms with Crippen LogP contribution in [0.15, 0.2) is 322 Å². The lowest BCUT2D eigenvalue weighted by Gasteiger charge is -2.12. The first-order valence-corrected chi connectivity index (χ1v) is 43.2. The van der Waals surface area contributed by atoms with Crippen LogP contribution < -0.4 is 26.0 Å². The number of aliphatic hydroxyl groups excluding tert-OH is 1. The summed E-state index contributed by atoms with van der Waals surface area (Å²) in [6.45, 7) is 30.5. The number of fused-ring (bicyclic) bond motifs is 4. The number of carbonyl (C=O) groups excluding carboxylic acids is 4. The van der Waals surface area contributed by atoms with E-state index in [2.05, 4.69) is 167 Å². The standard InChI is InChI=1S/C30H26N8O4.C24H14N10O2.2C22H14N10O2/c1-31-25-19-34-38(30-32-14-7-15-33-30)28(25)37-36-26-23-9-4-3-8-20(23)18-24(27(26)40)29(41)35-21-10-12-22(13-11-21)42-17-6-2-5-16-39;1-26-18-13-29-34(19-8-4-5-9-27-19)23(18)33-31-20-16-7-3-2-6-14(16)10-17(21(20)35)24(36)30-22-15(11-25)12-28-32-22;1-23-16-11-27-32(17-8-4-5-9-24-17)20(16)30-29-18-14-7-3-2-6-13(14)10-15(19(18)33)21(34)28-22-25-12-26-31-22;1-23-16-12-28-32(22-26-7-4-8-27-22)19(16)31-30-17-14-6-3-2-5-13(14)11-15(18(17)33)20(34)29-21-24-9-10-25-21/h3-4,7-15,18-19,39-40H,2,5-6,16-17H2,(H,35,41);2-10,12-13,35H,(H2,28,30,32,36);2-12,33H,(H2,25,26,28,31,34);2-12,33H,(H2,24,25,29,34). The summed E-state index contributed by atoms with van der Waals surface area (Å²) in [6.07, 6.45) is 22.7. The van der Waals surface area contributed by atoms with Crippen LogP contribution in [-0.4, -0.2) is 167 Å². The van der Waals surface area contributed by atoms with Gasteiger partial charge in [0.15, 0.2) is 57.9 Å². The number of benzene rings is 9. The number of carbonyl (C=O) groups is 4. The average molecular weight is 1940 g/mol. The number of phenolic OH excluding ortho intramolecular Hbond substituents is 4. The number of aromatic nitrogens is 21. The normalized spacial score (nSPS) is 11.0. The first kappa shape index (κ1) is 95.3. The molecule has 0 aliphatic heterocycles. The predicted octanol–water partition coefficient (Wildman–Crippen LogP) is 20.1. The third-order valence-electron chi connectivity index (χ3n) is 21.1. The number of aromatic hydroxyl groups is 4. The Kier molecular flexibility index (Phi) is 29.1. The number of nitriles is 1. The lowest BCUT2D eigenvalue weighted by molar-refractivity contribution is 0.101. The number of nitrogens with one attached hydrogen (secondary N) is 7. The third kappa shape index (κ3) is 21.2. The number of ether oxygens (including phenoxy) is 1. The molecule has 0 aliphatic carbocycles. The Morgan fingerprint density at radius 1 is 0.390 bits per heavy atom. The largest absolute Gasteiger partial charge is 0.505 e. The number of imidazole rings is 1. The summed E-state index contributed by atoms with van der Waals surface area (Å²) in [6, 6.07) is 57.1. The molecule has 0 aliphatic rings. The quantitative estimate of drug-likeness (QED) is 0.0136. The zero-order chi connectivity index (χ0) is 101. The number of rotatable bonds is 26. The van der Waals surface area contributed by atoms with Crippen LogP contribution in [0.25, 0.3) is 86.0 Å². The maximum atomic E-state index is 13.3. The maximum absolute atomic E-state index is 13.3. The van der Waals surface area contributed by atoms with E-state index in [1.165, 1.54) is 99.2 Å². The van der Waals surface area contributed by atoms with Gasteiger partial charge in [0, 0.05) is 83.4 Å². The van der Waals surface area contributed by atoms with Gasteiger partial charge in [-0.1, -0.05) is 109 Å². The summed E-state index contributed by atoms with van der Waals surface area (Å²) < 4.78 is 11.0. The Hall–Kier alpha value is -22.4. The molecule has 9 aromatic carbocycles. The molecule has 0 saturated carbocycles. The van der Waals surface area contributed by atoms with Crippen molar-refractivity contribution in [3.8, 4) is 58.3 Å². The molecule has 0 fully saturated rings. The number of aromatic amines is 3. The van der Waals surface area contributed by atoms with E-state index in [1.807, 2.05) is 12.1 Å². The number of phenols is 4. The number of aliphatic hydroxyl groups is 1. The maximum Gasteiger partial charge on any atom is 0.261 e. The highest BCUT2D eigenvalue weighted by molar-refractivity contribution is 6.15. The first-order valence-electron chi connectivity index (χ1n) is 43.2. The number of nitrogens with zero attached hydrogens (tertiary/aromatic N) is 31. The summed E-state index contributed by atoms with van der Waals surface area (Å²) in [7, 11) is 0. The number of hydrogen-bond donors (Lipinski definition) is 12. The van der Waals surface area contributed by atoms with Gasteiger partial charge in [0.1, 0.15) is 52.3 Å². The Balaban J connectivity index is 0.000000134. The molecule has 0 saturated heterocycles. The minimum atomic E-state index is -0.684. The summed E-state index contributed by atoms with van der Waals surface area (Å²) in [4.78, 5) is 101. The van der Waals surface area contributed by atoms with E-state index in [9.17, 15) is 39.6 Å². The molecule has 0 radical (unpaired) electrons. The number of pyridine rings is 2. The third-order valence-corrected chi connectivity index (χ3v) is 21.1. The Morgan fingerprint density at radius 3 is 1.15 bits per heavy atom. The molecule has 48 heteroatoms. The van der Waals surface area contributed by atoms with Crippen LogP contribution in [0.1, 0.15) is 66.3 Å². The predicted molar refractivity (Wildman–Crippen MR) is 528 cm³/mol. The number of azo groups is 4. The van der Waals surface area contributed by atoms with Crippen molar-refractivity contribution in [1.82, 2.24) is 104 Å². The number of hydrogen-bond acceptors (Lipinski definition) is 33. The van der Waals surface area contributed by atoms with Crippen molar-refractivity contribution in [2.75, 3.05) is 34.5 Å². The summed E-state index contributed by atoms with van der Waals surface area (Å²) in [5.41, 5.74) is 1.20. The van der Waals surface area contributed by atoms with Gasteiger partial charge < -0.3 is 45.9 Å². The fraction of sp³-hybridized carbons (Fsp3) is 0.0510. The van der Waals surface area contributed by atoms with Crippen molar-refractivity contribution in [2.24, 2.45) is 40.9 Å². The van der Waals surface area contributed by atoms with Crippen molar-refractivity contribution in [2.45, 2.75) is 19.3 Å². The van der Waals surface area contributed by atoms with Crippen molar-refractivity contribution < 1.29 is 49.4 Å². The van der Waals surface area contributed by atoms with Gasteiger partial charge in [0.05, 0.1) is 86.1 Å². The summed E-state index contributed by atoms with van der Waals surface area (Å²) in [5, 5.41) is 140. The van der Waals surface area contributed by atoms with Crippen LogP contribution in [-0.2, 0) is 0 Å². The topological polar surface area (TPSA) is 614 Å². The van der Waals surface area contributed by atoms with Crippen LogP contribution in [0.3, 0.4) is 0 Å². The van der Waals surface area contributed by atoms with E-state index >= 15 is 0 Å².